The van der Waals surface area contributed by atoms with Crippen LogP contribution in [0.5, 0.6) is 0 Å². The summed E-state index contributed by atoms with van der Waals surface area (Å²) >= 11 is 1.25. The maximum atomic E-state index is 12.8. The van der Waals surface area contributed by atoms with E-state index in [9.17, 15) is 19.2 Å². The van der Waals surface area contributed by atoms with Crippen LogP contribution >= 0.6 is 11.3 Å². The molecule has 140 valence electrons. The van der Waals surface area contributed by atoms with Crippen LogP contribution in [-0.4, -0.2) is 41.7 Å². The van der Waals surface area contributed by atoms with Crippen LogP contribution in [0.2, 0.25) is 0 Å². The Balaban J connectivity index is 1.64. The number of nitrogens with zero attached hydrogens (tertiary/aromatic N) is 1. The minimum atomic E-state index is -1.25. The number of imide groups is 1. The van der Waals surface area contributed by atoms with E-state index in [1.54, 1.807) is 36.6 Å². The zero-order valence-electron chi connectivity index (χ0n) is 14.9. The molecule has 0 radical (unpaired) electrons. The number of amides is 3. The Hall–Kier alpha value is -3.00. The third-order valence-electron chi connectivity index (χ3n) is 4.35. The number of benzene rings is 1. The summed E-state index contributed by atoms with van der Waals surface area (Å²) in [4.78, 5) is 50.1. The monoisotopic (exact) mass is 386 g/mol. The van der Waals surface area contributed by atoms with Crippen molar-refractivity contribution >= 4 is 35.0 Å². The van der Waals surface area contributed by atoms with Gasteiger partial charge in [-0.25, -0.2) is 4.79 Å². The molecule has 1 atom stereocenters. The summed E-state index contributed by atoms with van der Waals surface area (Å²) in [5.41, 5.74) is 0.392. The Labute approximate surface area is 159 Å². The van der Waals surface area contributed by atoms with Gasteiger partial charge in [0.2, 0.25) is 5.78 Å². The topological polar surface area (TPSA) is 92.8 Å². The SMILES string of the molecule is Cc1ccc([C@]2(C)NC(=O)N(CC(=O)OCC(=O)c3cccs3)C2=O)cc1. The molecule has 8 heteroatoms. The highest BCUT2D eigenvalue weighted by atomic mass is 32.1. The maximum absolute atomic E-state index is 12.8. The lowest BCUT2D eigenvalue weighted by atomic mass is 9.91. The van der Waals surface area contributed by atoms with Crippen LogP contribution in [-0.2, 0) is 19.9 Å². The van der Waals surface area contributed by atoms with Gasteiger partial charge in [-0.05, 0) is 30.9 Å². The van der Waals surface area contributed by atoms with E-state index in [4.69, 9.17) is 4.74 Å². The van der Waals surface area contributed by atoms with Crippen molar-refractivity contribution in [2.24, 2.45) is 0 Å². The summed E-state index contributed by atoms with van der Waals surface area (Å²) in [6.07, 6.45) is 0. The molecule has 2 heterocycles. The first-order valence-electron chi connectivity index (χ1n) is 8.25. The summed E-state index contributed by atoms with van der Waals surface area (Å²) in [6, 6.07) is 9.87. The molecule has 1 saturated heterocycles. The number of carbonyl (C=O) groups excluding carboxylic acids is 4. The first kappa shape index (κ1) is 18.8. The number of Topliss-reactive ketones (excluding diaryl/α,β-unsaturated/α-hetero) is 1. The number of rotatable bonds is 6. The first-order valence-corrected chi connectivity index (χ1v) is 9.13. The molecule has 1 fully saturated rings. The molecule has 0 unspecified atom stereocenters. The number of carbonyl (C=O) groups is 4. The molecule has 0 saturated carbocycles. The van der Waals surface area contributed by atoms with Crippen molar-refractivity contribution in [2.45, 2.75) is 19.4 Å². The first-order chi connectivity index (χ1) is 12.8. The van der Waals surface area contributed by atoms with Crippen molar-refractivity contribution in [1.82, 2.24) is 10.2 Å². The van der Waals surface area contributed by atoms with Crippen LogP contribution in [0.4, 0.5) is 4.79 Å². The fourth-order valence-electron chi connectivity index (χ4n) is 2.75. The van der Waals surface area contributed by atoms with Gasteiger partial charge in [-0.3, -0.25) is 19.3 Å². The Morgan fingerprint density at radius 3 is 2.52 bits per heavy atom. The van der Waals surface area contributed by atoms with Gasteiger partial charge < -0.3 is 10.1 Å². The number of hydrogen-bond donors (Lipinski definition) is 1. The molecule has 1 N–H and O–H groups in total. The normalized spacial score (nSPS) is 19.1. The lowest BCUT2D eigenvalue weighted by molar-refractivity contribution is -0.146. The zero-order chi connectivity index (χ0) is 19.6. The summed E-state index contributed by atoms with van der Waals surface area (Å²) in [5, 5.41) is 4.37. The minimum Gasteiger partial charge on any atom is -0.456 e. The molecule has 0 spiro atoms. The number of hydrogen-bond acceptors (Lipinski definition) is 6. The van der Waals surface area contributed by atoms with Gasteiger partial charge in [-0.1, -0.05) is 35.9 Å². The summed E-state index contributed by atoms with van der Waals surface area (Å²) in [5.74, 6) is -1.70. The van der Waals surface area contributed by atoms with E-state index < -0.39 is 36.6 Å². The molecular formula is C19H18N2O5S. The highest BCUT2D eigenvalue weighted by molar-refractivity contribution is 7.12. The molecule has 1 aliphatic heterocycles. The number of aryl methyl sites for hydroxylation is 1. The lowest BCUT2D eigenvalue weighted by Gasteiger charge is -2.22. The van der Waals surface area contributed by atoms with Gasteiger partial charge in [-0.2, -0.15) is 0 Å². The van der Waals surface area contributed by atoms with Crippen LogP contribution < -0.4 is 5.32 Å². The van der Waals surface area contributed by atoms with Gasteiger partial charge in [0.05, 0.1) is 4.88 Å². The number of nitrogens with one attached hydrogen (secondary N) is 1. The number of urea groups is 1. The standard InChI is InChI=1S/C19H18N2O5S/c1-12-5-7-13(8-6-12)19(2)17(24)21(18(25)20-19)10-16(23)26-11-14(22)15-4-3-9-27-15/h3-9H,10-11H2,1-2H3,(H,20,25)/t19-/m0/s1. The average molecular weight is 386 g/mol. The van der Waals surface area contributed by atoms with Crippen molar-refractivity contribution in [3.8, 4) is 0 Å². The molecule has 27 heavy (non-hydrogen) atoms. The summed E-state index contributed by atoms with van der Waals surface area (Å²) in [6.45, 7) is 2.52. The van der Waals surface area contributed by atoms with E-state index in [0.29, 0.717) is 10.4 Å². The molecule has 0 bridgehead atoms. The highest BCUT2D eigenvalue weighted by Crippen LogP contribution is 2.28. The Bertz CT molecular complexity index is 891. The van der Waals surface area contributed by atoms with Crippen LogP contribution in [0.15, 0.2) is 41.8 Å². The van der Waals surface area contributed by atoms with Gasteiger partial charge in [0.15, 0.2) is 6.61 Å². The predicted octanol–water partition coefficient (Wildman–Crippen LogP) is 2.25. The molecule has 0 aliphatic carbocycles. The molecule has 1 aromatic carbocycles. The van der Waals surface area contributed by atoms with Gasteiger partial charge in [-0.15, -0.1) is 11.3 Å². The van der Waals surface area contributed by atoms with E-state index in [1.165, 1.54) is 11.3 Å². The zero-order valence-corrected chi connectivity index (χ0v) is 15.7. The second-order valence-electron chi connectivity index (χ2n) is 6.37. The highest BCUT2D eigenvalue weighted by Gasteiger charge is 2.49. The largest absolute Gasteiger partial charge is 0.456 e. The van der Waals surface area contributed by atoms with Crippen LogP contribution in [0.25, 0.3) is 0 Å². The van der Waals surface area contributed by atoms with Crippen LogP contribution in [0.3, 0.4) is 0 Å². The fourth-order valence-corrected chi connectivity index (χ4v) is 3.40. The lowest BCUT2D eigenvalue weighted by Crippen LogP contribution is -2.41. The van der Waals surface area contributed by atoms with E-state index in [1.807, 2.05) is 19.1 Å². The third kappa shape index (κ3) is 3.75. The van der Waals surface area contributed by atoms with Gasteiger partial charge in [0, 0.05) is 0 Å². The van der Waals surface area contributed by atoms with Crippen molar-refractivity contribution in [3.05, 3.63) is 57.8 Å². The molecule has 1 aromatic heterocycles. The number of esters is 1. The smallest absolute Gasteiger partial charge is 0.326 e. The van der Waals surface area contributed by atoms with Crippen molar-refractivity contribution in [2.75, 3.05) is 13.2 Å². The van der Waals surface area contributed by atoms with Gasteiger partial charge in [0.25, 0.3) is 5.91 Å². The second kappa shape index (κ2) is 7.32. The second-order valence-corrected chi connectivity index (χ2v) is 7.32. The van der Waals surface area contributed by atoms with Crippen LogP contribution in [0, 0.1) is 6.92 Å². The third-order valence-corrected chi connectivity index (χ3v) is 5.26. The number of thiophene rings is 1. The molecule has 1 aliphatic rings. The van der Waals surface area contributed by atoms with Crippen molar-refractivity contribution in [3.63, 3.8) is 0 Å². The maximum Gasteiger partial charge on any atom is 0.326 e. The van der Waals surface area contributed by atoms with E-state index in [2.05, 4.69) is 5.32 Å². The molecule has 7 nitrogen and oxygen atoms in total. The summed E-state index contributed by atoms with van der Waals surface area (Å²) in [7, 11) is 0. The molecule has 3 amide bonds. The van der Waals surface area contributed by atoms with Crippen molar-refractivity contribution < 1.29 is 23.9 Å². The number of ether oxygens (including phenoxy) is 1. The Kier molecular flexibility index (Phi) is 5.09. The Morgan fingerprint density at radius 1 is 1.19 bits per heavy atom. The van der Waals surface area contributed by atoms with Gasteiger partial charge in [0.1, 0.15) is 12.1 Å². The van der Waals surface area contributed by atoms with E-state index >= 15 is 0 Å². The van der Waals surface area contributed by atoms with E-state index in [0.717, 1.165) is 10.5 Å². The fraction of sp³-hybridized carbons (Fsp3) is 0.263. The molecular weight excluding hydrogens is 368 g/mol. The minimum absolute atomic E-state index is 0.333. The average Bonchev–Trinajstić information content (AvgIpc) is 3.24. The quantitative estimate of drug-likeness (QED) is 0.467. The Morgan fingerprint density at radius 2 is 1.89 bits per heavy atom. The van der Waals surface area contributed by atoms with Crippen molar-refractivity contribution in [1.29, 1.82) is 0 Å². The number of ketones is 1. The molecule has 3 rings (SSSR count). The predicted molar refractivity (Wildman–Crippen MR) is 98.4 cm³/mol. The van der Waals surface area contributed by atoms with Gasteiger partial charge >= 0.3 is 12.0 Å². The van der Waals surface area contributed by atoms with Crippen LogP contribution in [0.1, 0.15) is 27.7 Å². The summed E-state index contributed by atoms with van der Waals surface area (Å²) < 4.78 is 4.92. The molecule has 2 aromatic rings. The van der Waals surface area contributed by atoms with E-state index in [-0.39, 0.29) is 5.78 Å².